The Kier molecular flexibility index (Phi) is 25.4. The molecule has 532 valence electrons. The number of aromatic hydroxyl groups is 1. The smallest absolute Gasteiger partial charge is 0.243 e. The molecule has 0 saturated carbocycles. The van der Waals surface area contributed by atoms with Crippen molar-refractivity contribution in [2.24, 2.45) is 5.73 Å². The summed E-state index contributed by atoms with van der Waals surface area (Å²) >= 11 is 0. The zero-order valence-electron chi connectivity index (χ0n) is 50.9. The van der Waals surface area contributed by atoms with E-state index in [1.807, 2.05) is 24.3 Å². The van der Waals surface area contributed by atoms with Gasteiger partial charge in [0.05, 0.1) is 33.0 Å². The Morgan fingerprint density at radius 3 is 1.36 bits per heavy atom. The van der Waals surface area contributed by atoms with E-state index >= 15 is 0 Å². The number of ether oxygens (including phenoxy) is 10. The molecule has 3 aromatic carbocycles. The summed E-state index contributed by atoms with van der Waals surface area (Å²) in [6, 6.07) is 16.2. The highest BCUT2D eigenvalue weighted by atomic mass is 16.8. The Morgan fingerprint density at radius 2 is 0.896 bits per heavy atom. The summed E-state index contributed by atoms with van der Waals surface area (Å²) in [5.74, 6) is -2.91. The summed E-state index contributed by atoms with van der Waals surface area (Å²) in [4.78, 5) is 55.9. The van der Waals surface area contributed by atoms with Crippen LogP contribution in [-0.2, 0) is 74.7 Å². The molecule has 36 heteroatoms. The van der Waals surface area contributed by atoms with E-state index < -0.39 is 222 Å². The van der Waals surface area contributed by atoms with Gasteiger partial charge in [-0.05, 0) is 53.6 Å². The fourth-order valence-corrected chi connectivity index (χ4v) is 11.7. The number of phenols is 1. The van der Waals surface area contributed by atoms with Crippen molar-refractivity contribution in [1.29, 1.82) is 0 Å². The normalized spacial score (nSPS) is 36.3. The van der Waals surface area contributed by atoms with E-state index in [4.69, 9.17) is 53.1 Å². The van der Waals surface area contributed by atoms with Crippen LogP contribution in [0.25, 0.3) is 10.9 Å². The first-order valence-corrected chi connectivity index (χ1v) is 30.6. The Bertz CT molecular complexity index is 3170. The molecule has 5 aliphatic heterocycles. The molecule has 0 aliphatic carbocycles. The van der Waals surface area contributed by atoms with Gasteiger partial charge in [-0.25, -0.2) is 0 Å². The van der Waals surface area contributed by atoms with Crippen LogP contribution in [0.5, 0.6) is 11.5 Å². The number of para-hydroxylation sites is 1. The van der Waals surface area contributed by atoms with Gasteiger partial charge in [-0.15, -0.1) is 0 Å². The van der Waals surface area contributed by atoms with Gasteiger partial charge in [-0.2, -0.15) is 0 Å². The minimum Gasteiger partial charge on any atom is -0.508 e. The van der Waals surface area contributed by atoms with Crippen molar-refractivity contribution in [2.75, 3.05) is 38.4 Å². The van der Waals surface area contributed by atoms with Gasteiger partial charge in [0.2, 0.25) is 29.9 Å². The molecule has 0 spiro atoms. The third-order valence-electron chi connectivity index (χ3n) is 17.1. The van der Waals surface area contributed by atoms with Crippen molar-refractivity contribution in [2.45, 2.75) is 191 Å². The van der Waals surface area contributed by atoms with E-state index in [0.29, 0.717) is 11.1 Å². The lowest BCUT2D eigenvalue weighted by atomic mass is 9.95. The quantitative estimate of drug-likeness (QED) is 0.0264. The van der Waals surface area contributed by atoms with Crippen molar-refractivity contribution in [3.8, 4) is 11.5 Å². The van der Waals surface area contributed by atoms with Gasteiger partial charge in [-0.3, -0.25) is 19.2 Å². The van der Waals surface area contributed by atoms with Crippen molar-refractivity contribution < 1.29 is 153 Å². The summed E-state index contributed by atoms with van der Waals surface area (Å²) in [7, 11) is 0. The van der Waals surface area contributed by atoms with E-state index in [1.165, 1.54) is 36.4 Å². The highest BCUT2D eigenvalue weighted by molar-refractivity contribution is 5.95. The number of H-pyrrole nitrogens is 1. The lowest BCUT2D eigenvalue weighted by Crippen LogP contribution is -2.68. The van der Waals surface area contributed by atoms with Crippen LogP contribution in [0.2, 0.25) is 0 Å². The number of rotatable bonds is 27. The minimum absolute atomic E-state index is 0.00327. The van der Waals surface area contributed by atoms with Crippen LogP contribution >= 0.6 is 0 Å². The molecule has 1 aromatic heterocycles. The van der Waals surface area contributed by atoms with Gasteiger partial charge >= 0.3 is 0 Å². The Hall–Kier alpha value is -6.32. The van der Waals surface area contributed by atoms with Crippen molar-refractivity contribution in [3.05, 3.63) is 90.1 Å². The van der Waals surface area contributed by atoms with Gasteiger partial charge < -0.3 is 161 Å². The number of benzene rings is 3. The number of carbonyl (C=O) groups is 4. The number of primary amides is 1. The fourth-order valence-electron chi connectivity index (χ4n) is 11.7. The number of aromatic nitrogens is 1. The number of nitrogens with one attached hydrogen (secondary N) is 4. The second-order valence-corrected chi connectivity index (χ2v) is 23.6. The first kappa shape index (κ1) is 73.9. The SMILES string of the molecule is NC(=O)[C@H](Cc1c[nH]c2ccccc12)NC(=O)[C@H](Cc1ccc(O)cc1)NC(=O)CCC(=O)Nc1ccc(O[C@H]2O[C@H](CO)[C@@H](O[C@H]3O[C@H](CO)[C@@H](O[C@H]4O[C@H](CO)[C@@H](O[C@H]5O[C@H](CO)[C@@H](O[C@H]6O[C@H](CO)[C@@H](O)[C@H](O)[C@H]6O)[C@H](O)[C@H]5O)[C@H](O)[C@H]4O)[C@H](O)[C@H]3O)[C@H](O)[C@H]2O)cc1. The number of hydrogen-bond acceptors (Lipinski definition) is 31. The first-order valence-electron chi connectivity index (χ1n) is 30.6. The Balaban J connectivity index is 0.743. The predicted molar refractivity (Wildman–Crippen MR) is 316 cm³/mol. The van der Waals surface area contributed by atoms with E-state index in [-0.39, 0.29) is 42.9 Å². The molecular formula is C60H81N5O31. The van der Waals surface area contributed by atoms with Gasteiger partial charge in [0.15, 0.2) is 25.2 Å². The maximum Gasteiger partial charge on any atom is 0.243 e. The number of aliphatic hydroxyl groups is 16. The predicted octanol–water partition coefficient (Wildman–Crippen LogP) is -8.99. The molecular weight excluding hydrogens is 1290 g/mol. The second kappa shape index (κ2) is 33.0. The number of nitrogens with two attached hydrogens (primary N) is 1. The van der Waals surface area contributed by atoms with E-state index in [2.05, 4.69) is 20.9 Å². The number of carbonyl (C=O) groups excluding carboxylic acids is 4. The van der Waals surface area contributed by atoms with E-state index in [9.17, 15) is 106 Å². The van der Waals surface area contributed by atoms with Gasteiger partial charge in [-0.1, -0.05) is 30.3 Å². The van der Waals surface area contributed by atoms with Gasteiger partial charge in [0, 0.05) is 48.5 Å². The fraction of sp³-hybridized carbons (Fsp3) is 0.600. The number of hydrogen-bond donors (Lipinski definition) is 22. The molecule has 6 heterocycles. The third kappa shape index (κ3) is 17.0. The molecule has 4 amide bonds. The van der Waals surface area contributed by atoms with Gasteiger partial charge in [0.1, 0.15) is 146 Å². The van der Waals surface area contributed by atoms with Crippen LogP contribution in [-0.4, -0.2) is 314 Å². The van der Waals surface area contributed by atoms with Gasteiger partial charge in [0.25, 0.3) is 0 Å². The molecule has 5 aliphatic rings. The highest BCUT2D eigenvalue weighted by Gasteiger charge is 2.57. The summed E-state index contributed by atoms with van der Waals surface area (Å²) < 4.78 is 56.5. The van der Waals surface area contributed by atoms with Crippen LogP contribution < -0.4 is 26.4 Å². The van der Waals surface area contributed by atoms with E-state index in [0.717, 1.165) is 10.9 Å². The maximum absolute atomic E-state index is 13.8. The van der Waals surface area contributed by atoms with Crippen LogP contribution in [0.4, 0.5) is 5.69 Å². The average molecular weight is 1370 g/mol. The third-order valence-corrected chi connectivity index (χ3v) is 17.1. The summed E-state index contributed by atoms with van der Waals surface area (Å²) in [6.07, 6.45) is -46.3. The average Bonchev–Trinajstić information content (AvgIpc) is 0.795. The largest absolute Gasteiger partial charge is 0.508 e. The van der Waals surface area contributed by atoms with Crippen LogP contribution in [0.3, 0.4) is 0 Å². The monoisotopic (exact) mass is 1370 g/mol. The molecule has 9 rings (SSSR count). The standard InChI is InChI=1S/C60H81N5O31/c61-54(85)30(16-24-17-62-29-4-2-1-3-28(24)29)65-55(86)31(15-23-5-9-26(71)10-6-23)64-38(73)14-13-37(72)63-25-7-11-27(12-8-25)87-56-46(81)41(76)50(33(19-67)89-56)94-58-48(83)43(78)52(35(21-69)91-58)96-60-49(84)44(79)53(36(22-70)92-60)95-59-47(82)42(77)51(34(20-68)90-59)93-57-45(80)40(75)39(74)32(18-66)88-57/h1-12,17,30-36,39-53,56-60,62,66-71,74-84H,13-16,18-22H2,(H2,61,85)(H,63,72)(H,64,73)(H,65,86)/t30-,31-,32+,33+,34+,35+,36+,39+,40-,41+,42+,43+,44+,45+,46+,47+,48+,49+,50+,51+,52+,53+,56-,57+,58+,59+,60+/m0/s1. The zero-order chi connectivity index (χ0) is 69.4. The highest BCUT2D eigenvalue weighted by Crippen LogP contribution is 2.37. The molecule has 36 nitrogen and oxygen atoms in total. The van der Waals surface area contributed by atoms with Crippen molar-refractivity contribution >= 4 is 40.2 Å². The molecule has 27 atom stereocenters. The number of aliphatic hydroxyl groups excluding tert-OH is 16. The van der Waals surface area contributed by atoms with Crippen LogP contribution in [0.1, 0.15) is 24.0 Å². The Morgan fingerprint density at radius 1 is 0.469 bits per heavy atom. The molecule has 0 unspecified atom stereocenters. The molecule has 0 bridgehead atoms. The zero-order valence-corrected chi connectivity index (χ0v) is 50.9. The molecule has 4 aromatic rings. The number of anilines is 1. The summed E-state index contributed by atoms with van der Waals surface area (Å²) in [5.41, 5.74) is 7.99. The molecule has 5 fully saturated rings. The summed E-state index contributed by atoms with van der Waals surface area (Å²) in [5, 5.41) is 190. The Labute approximate surface area is 544 Å². The number of amides is 4. The minimum atomic E-state index is -2.18. The number of aromatic amines is 1. The lowest BCUT2D eigenvalue weighted by molar-refractivity contribution is -0.392. The van der Waals surface area contributed by atoms with Crippen LogP contribution in [0.15, 0.2) is 79.0 Å². The van der Waals surface area contributed by atoms with E-state index in [1.54, 1.807) is 18.3 Å². The van der Waals surface area contributed by atoms with Crippen LogP contribution in [0, 0.1) is 0 Å². The maximum atomic E-state index is 13.8. The second-order valence-electron chi connectivity index (χ2n) is 23.6. The molecule has 5 saturated heterocycles. The first-order chi connectivity index (χ1) is 45.9. The van der Waals surface area contributed by atoms with Crippen molar-refractivity contribution in [1.82, 2.24) is 15.6 Å². The molecule has 0 radical (unpaired) electrons. The van der Waals surface area contributed by atoms with Crippen molar-refractivity contribution in [3.63, 3.8) is 0 Å². The lowest BCUT2D eigenvalue weighted by Gasteiger charge is -2.49. The number of fused-ring (bicyclic) bond motifs is 1. The molecule has 96 heavy (non-hydrogen) atoms. The topological polar surface area (TPSA) is 582 Å². The summed E-state index contributed by atoms with van der Waals surface area (Å²) in [6.45, 7) is -4.77. The number of phenolic OH excluding ortho intramolecular Hbond substituents is 1. The molecule has 23 N–H and O–H groups in total.